The largest absolute Gasteiger partial charge is 0.464 e. The van der Waals surface area contributed by atoms with E-state index >= 15 is 0 Å². The van der Waals surface area contributed by atoms with Crippen LogP contribution in [0.25, 0.3) is 21.9 Å². The van der Waals surface area contributed by atoms with E-state index in [-0.39, 0.29) is 16.3 Å². The van der Waals surface area contributed by atoms with E-state index in [2.05, 4.69) is 9.72 Å². The lowest BCUT2D eigenvalue weighted by Crippen LogP contribution is -2.15. The molecule has 3 nitrogen and oxygen atoms in total. The Kier molecular flexibility index (Phi) is 4.16. The molecule has 0 N–H and O–H groups in total. The van der Waals surface area contributed by atoms with Gasteiger partial charge in [-0.25, -0.2) is 14.2 Å². The summed E-state index contributed by atoms with van der Waals surface area (Å²) in [5.74, 6) is -1.51. The van der Waals surface area contributed by atoms with Gasteiger partial charge in [0.25, 0.3) is 0 Å². The number of alkyl halides is 3. The van der Waals surface area contributed by atoms with Crippen molar-refractivity contribution in [3.05, 3.63) is 65.7 Å². The maximum absolute atomic E-state index is 13.4. The molecule has 0 bridgehead atoms. The molecule has 0 saturated carbocycles. The normalized spacial score (nSPS) is 11.6. The number of carbonyl (C=O) groups is 1. The molecule has 0 fully saturated rings. The van der Waals surface area contributed by atoms with Crippen LogP contribution < -0.4 is 0 Å². The molecule has 0 aliphatic carbocycles. The van der Waals surface area contributed by atoms with Crippen molar-refractivity contribution in [2.24, 2.45) is 0 Å². The van der Waals surface area contributed by atoms with Crippen molar-refractivity contribution in [1.29, 1.82) is 0 Å². The van der Waals surface area contributed by atoms with Crippen LogP contribution in [0.2, 0.25) is 0 Å². The number of fused-ring (bicyclic) bond motifs is 1. The van der Waals surface area contributed by atoms with Gasteiger partial charge in [-0.1, -0.05) is 36.4 Å². The number of hydrogen-bond donors (Lipinski definition) is 0. The maximum atomic E-state index is 13.4. The van der Waals surface area contributed by atoms with E-state index in [9.17, 15) is 22.4 Å². The van der Waals surface area contributed by atoms with Crippen LogP contribution in [0.1, 0.15) is 16.2 Å². The Bertz CT molecular complexity index is 950. The van der Waals surface area contributed by atoms with Gasteiger partial charge >= 0.3 is 12.1 Å². The smallest absolute Gasteiger partial charge is 0.433 e. The minimum absolute atomic E-state index is 0.151. The molecule has 0 amide bonds. The molecule has 0 radical (unpaired) electrons. The van der Waals surface area contributed by atoms with Crippen molar-refractivity contribution < 1.29 is 27.1 Å². The zero-order valence-electron chi connectivity index (χ0n) is 12.9. The van der Waals surface area contributed by atoms with E-state index in [1.807, 2.05) is 0 Å². The van der Waals surface area contributed by atoms with Crippen LogP contribution in [0.4, 0.5) is 17.6 Å². The second-order valence-corrected chi connectivity index (χ2v) is 5.23. The zero-order chi connectivity index (χ0) is 18.2. The van der Waals surface area contributed by atoms with Gasteiger partial charge in [0.05, 0.1) is 7.11 Å². The summed E-state index contributed by atoms with van der Waals surface area (Å²) in [5.41, 5.74) is -1.12. The van der Waals surface area contributed by atoms with Crippen molar-refractivity contribution >= 4 is 16.7 Å². The lowest BCUT2D eigenvalue weighted by molar-refractivity contribution is -0.139. The van der Waals surface area contributed by atoms with E-state index in [1.165, 1.54) is 30.3 Å². The number of aromatic nitrogens is 1. The highest BCUT2D eigenvalue weighted by Gasteiger charge is 2.37. The number of esters is 1. The average Bonchev–Trinajstić information content (AvgIpc) is 2.59. The fourth-order valence-corrected chi connectivity index (χ4v) is 2.63. The quantitative estimate of drug-likeness (QED) is 0.491. The SMILES string of the molecule is COC(=O)c1nc(C(F)(F)F)c2ccccc2c1-c1ccc(F)cc1. The molecular formula is C18H11F4NO2. The Morgan fingerprint density at radius 3 is 2.16 bits per heavy atom. The molecule has 7 heteroatoms. The summed E-state index contributed by atoms with van der Waals surface area (Å²) < 4.78 is 58.0. The summed E-state index contributed by atoms with van der Waals surface area (Å²) in [6.07, 6.45) is -4.75. The molecule has 0 aliphatic rings. The van der Waals surface area contributed by atoms with E-state index in [1.54, 1.807) is 6.07 Å². The average molecular weight is 349 g/mol. The summed E-state index contributed by atoms with van der Waals surface area (Å²) in [5, 5.41) is 0.0267. The second-order valence-electron chi connectivity index (χ2n) is 5.23. The minimum Gasteiger partial charge on any atom is -0.464 e. The molecule has 1 aromatic heterocycles. The number of pyridine rings is 1. The van der Waals surface area contributed by atoms with E-state index < -0.39 is 29.4 Å². The third-order valence-electron chi connectivity index (χ3n) is 3.69. The molecule has 1 heterocycles. The molecule has 0 unspecified atom stereocenters. The summed E-state index contributed by atoms with van der Waals surface area (Å²) in [4.78, 5) is 15.6. The van der Waals surface area contributed by atoms with Crippen LogP contribution in [-0.4, -0.2) is 18.1 Å². The standard InChI is InChI=1S/C18H11F4NO2/c1-25-17(24)15-14(10-6-8-11(19)9-7-10)12-4-2-3-5-13(12)16(23-15)18(20,21)22/h2-9H,1H3. The molecular weight excluding hydrogens is 338 g/mol. The number of ether oxygens (including phenoxy) is 1. The van der Waals surface area contributed by atoms with Crippen LogP contribution in [-0.2, 0) is 10.9 Å². The molecule has 3 rings (SSSR count). The van der Waals surface area contributed by atoms with Gasteiger partial charge in [-0.05, 0) is 23.1 Å². The molecule has 2 aromatic carbocycles. The summed E-state index contributed by atoms with van der Waals surface area (Å²) in [6, 6.07) is 10.8. The highest BCUT2D eigenvalue weighted by atomic mass is 19.4. The van der Waals surface area contributed by atoms with Crippen molar-refractivity contribution in [3.8, 4) is 11.1 Å². The van der Waals surface area contributed by atoms with Gasteiger partial charge in [-0.15, -0.1) is 0 Å². The lowest BCUT2D eigenvalue weighted by Gasteiger charge is -2.16. The molecule has 0 spiro atoms. The Hall–Kier alpha value is -2.96. The molecule has 3 aromatic rings. The van der Waals surface area contributed by atoms with Gasteiger partial charge in [-0.2, -0.15) is 13.2 Å². The first-order valence-electron chi connectivity index (χ1n) is 7.17. The number of hydrogen-bond acceptors (Lipinski definition) is 3. The monoisotopic (exact) mass is 349 g/mol. The maximum Gasteiger partial charge on any atom is 0.433 e. The van der Waals surface area contributed by atoms with Crippen molar-refractivity contribution in [3.63, 3.8) is 0 Å². The number of carbonyl (C=O) groups excluding carboxylic acids is 1. The first kappa shape index (κ1) is 16.9. The highest BCUT2D eigenvalue weighted by Crippen LogP contribution is 2.39. The predicted octanol–water partition coefficient (Wildman–Crippen LogP) is 4.85. The van der Waals surface area contributed by atoms with E-state index in [0.717, 1.165) is 19.2 Å². The Balaban J connectivity index is 2.46. The lowest BCUT2D eigenvalue weighted by atomic mass is 9.95. The van der Waals surface area contributed by atoms with Gasteiger partial charge in [0.15, 0.2) is 11.4 Å². The molecule has 0 aliphatic heterocycles. The third kappa shape index (κ3) is 3.05. The zero-order valence-corrected chi connectivity index (χ0v) is 12.9. The molecule has 25 heavy (non-hydrogen) atoms. The third-order valence-corrected chi connectivity index (χ3v) is 3.69. The number of rotatable bonds is 2. The van der Waals surface area contributed by atoms with E-state index in [4.69, 9.17) is 0 Å². The van der Waals surface area contributed by atoms with Gasteiger partial charge in [0.1, 0.15) is 5.82 Å². The summed E-state index contributed by atoms with van der Waals surface area (Å²) >= 11 is 0. The number of nitrogens with zero attached hydrogens (tertiary/aromatic N) is 1. The van der Waals surface area contributed by atoms with Crippen LogP contribution in [0, 0.1) is 5.82 Å². The summed E-state index contributed by atoms with van der Waals surface area (Å²) in [7, 11) is 1.06. The fraction of sp³-hybridized carbons (Fsp3) is 0.111. The number of methoxy groups -OCH3 is 1. The van der Waals surface area contributed by atoms with Crippen LogP contribution in [0.15, 0.2) is 48.5 Å². The van der Waals surface area contributed by atoms with Crippen molar-refractivity contribution in [1.82, 2.24) is 4.98 Å². The Morgan fingerprint density at radius 2 is 1.60 bits per heavy atom. The number of benzene rings is 2. The van der Waals surface area contributed by atoms with Gasteiger partial charge < -0.3 is 4.74 Å². The Labute approximate surface area is 139 Å². The molecule has 0 atom stereocenters. The number of halogens is 4. The summed E-state index contributed by atoms with van der Waals surface area (Å²) in [6.45, 7) is 0. The second kappa shape index (κ2) is 6.16. The van der Waals surface area contributed by atoms with Crippen molar-refractivity contribution in [2.75, 3.05) is 7.11 Å². The first-order valence-corrected chi connectivity index (χ1v) is 7.17. The fourth-order valence-electron chi connectivity index (χ4n) is 2.63. The first-order chi connectivity index (χ1) is 11.8. The van der Waals surface area contributed by atoms with E-state index in [0.29, 0.717) is 5.56 Å². The predicted molar refractivity (Wildman–Crippen MR) is 83.5 cm³/mol. The van der Waals surface area contributed by atoms with Gasteiger partial charge in [-0.3, -0.25) is 0 Å². The molecule has 128 valence electrons. The van der Waals surface area contributed by atoms with Gasteiger partial charge in [0.2, 0.25) is 0 Å². The van der Waals surface area contributed by atoms with Crippen LogP contribution in [0.5, 0.6) is 0 Å². The topological polar surface area (TPSA) is 39.2 Å². The highest BCUT2D eigenvalue weighted by molar-refractivity contribution is 6.07. The van der Waals surface area contributed by atoms with Crippen LogP contribution in [0.3, 0.4) is 0 Å². The Morgan fingerprint density at radius 1 is 1.00 bits per heavy atom. The van der Waals surface area contributed by atoms with Gasteiger partial charge in [0, 0.05) is 10.9 Å². The van der Waals surface area contributed by atoms with Crippen molar-refractivity contribution in [2.45, 2.75) is 6.18 Å². The minimum atomic E-state index is -4.75. The van der Waals surface area contributed by atoms with Crippen LogP contribution >= 0.6 is 0 Å². The molecule has 0 saturated heterocycles.